The molecular weight excluding hydrogens is 395 g/mol. The number of benzene rings is 2. The molecule has 0 saturated carbocycles. The highest BCUT2D eigenvalue weighted by molar-refractivity contribution is 5.97. The number of esters is 1. The molecule has 0 aliphatic heterocycles. The van der Waals surface area contributed by atoms with Gasteiger partial charge in [0.25, 0.3) is 5.91 Å². The van der Waals surface area contributed by atoms with Crippen LogP contribution in [0.1, 0.15) is 49.8 Å². The van der Waals surface area contributed by atoms with Crippen LogP contribution in [0.4, 0.5) is 18.9 Å². The van der Waals surface area contributed by atoms with Crippen LogP contribution in [0.2, 0.25) is 0 Å². The molecule has 1 N–H and O–H groups in total. The van der Waals surface area contributed by atoms with E-state index in [2.05, 4.69) is 19.2 Å². The molecule has 30 heavy (non-hydrogen) atoms. The molecule has 0 heterocycles. The van der Waals surface area contributed by atoms with Crippen LogP contribution in [0.15, 0.2) is 54.6 Å². The van der Waals surface area contributed by atoms with E-state index in [1.165, 1.54) is 25.1 Å². The van der Waals surface area contributed by atoms with E-state index in [0.29, 0.717) is 11.3 Å². The van der Waals surface area contributed by atoms with Crippen molar-refractivity contribution in [1.82, 2.24) is 0 Å². The van der Waals surface area contributed by atoms with Gasteiger partial charge in [-0.1, -0.05) is 44.2 Å². The van der Waals surface area contributed by atoms with Crippen LogP contribution in [0.3, 0.4) is 0 Å². The first-order valence-corrected chi connectivity index (χ1v) is 9.57. The van der Waals surface area contributed by atoms with Crippen LogP contribution in [-0.4, -0.2) is 18.0 Å². The fourth-order valence-corrected chi connectivity index (χ4v) is 2.71. The van der Waals surface area contributed by atoms with E-state index >= 15 is 0 Å². The lowest BCUT2D eigenvalue weighted by Crippen LogP contribution is -2.29. The van der Waals surface area contributed by atoms with Crippen molar-refractivity contribution in [1.29, 1.82) is 0 Å². The summed E-state index contributed by atoms with van der Waals surface area (Å²) in [5.74, 6) is -0.985. The summed E-state index contributed by atoms with van der Waals surface area (Å²) in [7, 11) is 0. The fraction of sp³-hybridized carbons (Fsp3) is 0.304. The fourth-order valence-electron chi connectivity index (χ4n) is 2.71. The van der Waals surface area contributed by atoms with Gasteiger partial charge < -0.3 is 10.1 Å². The average Bonchev–Trinajstić information content (AvgIpc) is 2.71. The highest BCUT2D eigenvalue weighted by atomic mass is 19.4. The van der Waals surface area contributed by atoms with E-state index in [4.69, 9.17) is 4.74 Å². The third-order valence-corrected chi connectivity index (χ3v) is 4.67. The minimum Gasteiger partial charge on any atom is -0.449 e. The summed E-state index contributed by atoms with van der Waals surface area (Å²) in [6.07, 6.45) is -2.16. The van der Waals surface area contributed by atoms with Gasteiger partial charge in [-0.25, -0.2) is 4.79 Å². The van der Waals surface area contributed by atoms with Crippen LogP contribution in [0, 0.1) is 0 Å². The number of rotatable bonds is 7. The van der Waals surface area contributed by atoms with Crippen LogP contribution in [-0.2, 0) is 20.5 Å². The molecule has 2 atom stereocenters. The molecule has 0 saturated heterocycles. The second kappa shape index (κ2) is 10.1. The molecule has 2 aromatic rings. The molecule has 2 rings (SSSR count). The maximum Gasteiger partial charge on any atom is 0.416 e. The minimum atomic E-state index is -4.42. The van der Waals surface area contributed by atoms with Gasteiger partial charge in [0.15, 0.2) is 6.10 Å². The second-order valence-corrected chi connectivity index (χ2v) is 6.92. The van der Waals surface area contributed by atoms with Crippen molar-refractivity contribution < 1.29 is 27.5 Å². The molecule has 2 aromatic carbocycles. The van der Waals surface area contributed by atoms with E-state index in [-0.39, 0.29) is 5.92 Å². The zero-order valence-electron chi connectivity index (χ0n) is 17.0. The lowest BCUT2D eigenvalue weighted by Gasteiger charge is -2.17. The highest BCUT2D eigenvalue weighted by Gasteiger charge is 2.29. The van der Waals surface area contributed by atoms with Gasteiger partial charge in [0.2, 0.25) is 0 Å². The molecule has 0 aliphatic rings. The van der Waals surface area contributed by atoms with E-state index in [1.54, 1.807) is 6.07 Å². The highest BCUT2D eigenvalue weighted by Crippen LogP contribution is 2.29. The topological polar surface area (TPSA) is 55.4 Å². The molecule has 1 amide bonds. The van der Waals surface area contributed by atoms with Gasteiger partial charge in [-0.2, -0.15) is 13.2 Å². The van der Waals surface area contributed by atoms with Gasteiger partial charge in [0, 0.05) is 11.8 Å². The maximum atomic E-state index is 12.6. The normalized spacial score (nSPS) is 13.7. The first-order valence-electron chi connectivity index (χ1n) is 9.57. The van der Waals surface area contributed by atoms with E-state index < -0.39 is 29.7 Å². The van der Waals surface area contributed by atoms with Crippen molar-refractivity contribution in [3.8, 4) is 0 Å². The third kappa shape index (κ3) is 6.47. The lowest BCUT2D eigenvalue weighted by atomic mass is 9.97. The maximum absolute atomic E-state index is 12.6. The van der Waals surface area contributed by atoms with E-state index in [1.807, 2.05) is 18.2 Å². The molecule has 0 spiro atoms. The monoisotopic (exact) mass is 419 g/mol. The van der Waals surface area contributed by atoms with Crippen LogP contribution < -0.4 is 5.32 Å². The Balaban J connectivity index is 1.96. The Hall–Kier alpha value is -3.09. The summed E-state index contributed by atoms with van der Waals surface area (Å²) in [5.41, 5.74) is 1.29. The van der Waals surface area contributed by atoms with Crippen LogP contribution >= 0.6 is 0 Å². The second-order valence-electron chi connectivity index (χ2n) is 6.92. The summed E-state index contributed by atoms with van der Waals surface area (Å²) in [6, 6.07) is 11.8. The molecule has 0 aromatic heterocycles. The Morgan fingerprint density at radius 3 is 2.30 bits per heavy atom. The van der Waals surface area contributed by atoms with Crippen molar-refractivity contribution in [2.75, 3.05) is 5.32 Å². The van der Waals surface area contributed by atoms with Crippen molar-refractivity contribution in [3.05, 3.63) is 71.3 Å². The molecular formula is C23H24F3NO3. The molecule has 160 valence electrons. The number of carbonyl (C=O) groups is 2. The molecule has 7 heteroatoms. The molecule has 4 nitrogen and oxygen atoms in total. The number of ether oxygens (including phenoxy) is 1. The van der Waals surface area contributed by atoms with Crippen LogP contribution in [0.25, 0.3) is 6.08 Å². The Bertz CT molecular complexity index is 905. The molecule has 0 bridgehead atoms. The molecule has 0 unspecified atom stereocenters. The van der Waals surface area contributed by atoms with Crippen molar-refractivity contribution in [2.24, 2.45) is 0 Å². The molecule has 0 aliphatic carbocycles. The average molecular weight is 419 g/mol. The van der Waals surface area contributed by atoms with Crippen molar-refractivity contribution >= 4 is 23.6 Å². The van der Waals surface area contributed by atoms with E-state index in [9.17, 15) is 22.8 Å². The number of carbonyl (C=O) groups excluding carboxylic acids is 2. The zero-order chi connectivity index (χ0) is 22.3. The van der Waals surface area contributed by atoms with Gasteiger partial charge in [-0.05, 0) is 54.7 Å². The summed E-state index contributed by atoms with van der Waals surface area (Å²) in [5, 5.41) is 2.78. The summed E-state index contributed by atoms with van der Waals surface area (Å²) >= 11 is 0. The summed E-state index contributed by atoms with van der Waals surface area (Å²) in [6.45, 7) is 5.56. The number of anilines is 1. The van der Waals surface area contributed by atoms with Crippen molar-refractivity contribution in [3.63, 3.8) is 0 Å². The number of amides is 1. The number of para-hydroxylation sites is 1. The Morgan fingerprint density at radius 1 is 1.07 bits per heavy atom. The number of nitrogens with one attached hydrogen (secondary N) is 1. The first kappa shape index (κ1) is 23.2. The van der Waals surface area contributed by atoms with Gasteiger partial charge in [-0.3, -0.25) is 4.79 Å². The SMILES string of the molecule is CC[C@@H](C)c1ccccc1NC(=O)[C@H](C)OC(=O)/C=C/c1ccc(C(F)(F)F)cc1. The Kier molecular flexibility index (Phi) is 7.80. The summed E-state index contributed by atoms with van der Waals surface area (Å²) in [4.78, 5) is 24.4. The standard InChI is InChI=1S/C23H24F3NO3/c1-4-15(2)19-7-5-6-8-20(19)27-22(29)16(3)30-21(28)14-11-17-9-12-18(13-10-17)23(24,25)26/h5-16H,4H2,1-3H3,(H,27,29)/b14-11+/t15-,16+/m1/s1. The van der Waals surface area contributed by atoms with Gasteiger partial charge >= 0.3 is 12.1 Å². The molecule has 0 fully saturated rings. The predicted octanol–water partition coefficient (Wildman–Crippen LogP) is 5.80. The van der Waals surface area contributed by atoms with Crippen molar-refractivity contribution in [2.45, 2.75) is 45.4 Å². The molecule has 0 radical (unpaired) electrons. The summed E-state index contributed by atoms with van der Waals surface area (Å²) < 4.78 is 42.8. The Labute approximate surface area is 173 Å². The zero-order valence-corrected chi connectivity index (χ0v) is 17.0. The largest absolute Gasteiger partial charge is 0.449 e. The number of halogens is 3. The third-order valence-electron chi connectivity index (χ3n) is 4.67. The van der Waals surface area contributed by atoms with Gasteiger partial charge in [0.1, 0.15) is 0 Å². The van der Waals surface area contributed by atoms with Crippen LogP contribution in [0.5, 0.6) is 0 Å². The smallest absolute Gasteiger partial charge is 0.416 e. The minimum absolute atomic E-state index is 0.256. The number of hydrogen-bond acceptors (Lipinski definition) is 3. The van der Waals surface area contributed by atoms with Gasteiger partial charge in [0.05, 0.1) is 5.56 Å². The quantitative estimate of drug-likeness (QED) is 0.456. The number of hydrogen-bond donors (Lipinski definition) is 1. The predicted molar refractivity (Wildman–Crippen MR) is 110 cm³/mol. The lowest BCUT2D eigenvalue weighted by molar-refractivity contribution is -0.148. The van der Waals surface area contributed by atoms with E-state index in [0.717, 1.165) is 30.2 Å². The van der Waals surface area contributed by atoms with Gasteiger partial charge in [-0.15, -0.1) is 0 Å². The Morgan fingerprint density at radius 2 is 1.70 bits per heavy atom. The number of alkyl halides is 3. The first-order chi connectivity index (χ1) is 14.1.